The molecule has 14 heteroatoms. The average molecular weight is 512 g/mol. The van der Waals surface area contributed by atoms with Crippen molar-refractivity contribution >= 4 is 57.7 Å². The second-order valence-electron chi connectivity index (χ2n) is 8.41. The maximum Gasteiger partial charge on any atom is 0.357 e. The highest BCUT2D eigenvalue weighted by Crippen LogP contribution is 2.40. The smallest absolute Gasteiger partial charge is 0.357 e. The SMILES string of the molecule is CON=C(C(=O)NC1C(=O)N2C(C(=O)OCOC(=O)C(C)(C)C)=C(C)CS[C@@H]12)c1csc(N)n1. The number of nitrogen functional groups attached to an aromatic ring is 1. The average Bonchev–Trinajstić information content (AvgIpc) is 3.20. The predicted octanol–water partition coefficient (Wildman–Crippen LogP) is 0.840. The summed E-state index contributed by atoms with van der Waals surface area (Å²) in [5.41, 5.74) is 5.67. The fourth-order valence-electron chi connectivity index (χ4n) is 3.09. The van der Waals surface area contributed by atoms with E-state index in [1.165, 1.54) is 23.8 Å². The van der Waals surface area contributed by atoms with Crippen LogP contribution >= 0.6 is 23.1 Å². The summed E-state index contributed by atoms with van der Waals surface area (Å²) >= 11 is 2.52. The van der Waals surface area contributed by atoms with Gasteiger partial charge in [0.15, 0.2) is 10.8 Å². The topological polar surface area (TPSA) is 163 Å². The number of anilines is 1. The first-order valence-corrected chi connectivity index (χ1v) is 12.0. The summed E-state index contributed by atoms with van der Waals surface area (Å²) in [4.78, 5) is 60.3. The lowest BCUT2D eigenvalue weighted by Gasteiger charge is -2.49. The summed E-state index contributed by atoms with van der Waals surface area (Å²) in [6.45, 7) is 6.15. The fourth-order valence-corrected chi connectivity index (χ4v) is 4.93. The van der Waals surface area contributed by atoms with Gasteiger partial charge < -0.3 is 25.4 Å². The number of nitrogens with zero attached hydrogens (tertiary/aromatic N) is 3. The number of carbonyl (C=O) groups excluding carboxylic acids is 4. The van der Waals surface area contributed by atoms with Gasteiger partial charge in [-0.1, -0.05) is 5.16 Å². The molecule has 1 aromatic heterocycles. The molecule has 2 aliphatic rings. The number of fused-ring (bicyclic) bond motifs is 1. The fraction of sp³-hybridized carbons (Fsp3) is 0.500. The van der Waals surface area contributed by atoms with Gasteiger partial charge in [-0.05, 0) is 33.3 Å². The van der Waals surface area contributed by atoms with Crippen LogP contribution in [-0.4, -0.2) is 70.4 Å². The normalized spacial score (nSPS) is 20.3. The van der Waals surface area contributed by atoms with Crippen LogP contribution in [-0.2, 0) is 33.5 Å². The van der Waals surface area contributed by atoms with Crippen molar-refractivity contribution in [1.82, 2.24) is 15.2 Å². The minimum absolute atomic E-state index is 0.0733. The Labute approximate surface area is 203 Å². The number of aromatic nitrogens is 1. The molecule has 3 heterocycles. The molecule has 0 saturated carbocycles. The first-order chi connectivity index (χ1) is 16.0. The van der Waals surface area contributed by atoms with Crippen molar-refractivity contribution in [3.8, 4) is 0 Å². The molecule has 3 N–H and O–H groups in total. The molecule has 0 spiro atoms. The number of ether oxygens (including phenoxy) is 2. The molecule has 1 aromatic rings. The highest BCUT2D eigenvalue weighted by molar-refractivity contribution is 8.00. The number of oxime groups is 1. The Hall–Kier alpha value is -3.13. The lowest BCUT2D eigenvalue weighted by molar-refractivity contribution is -0.173. The van der Waals surface area contributed by atoms with Crippen LogP contribution in [0.4, 0.5) is 5.13 Å². The molecule has 0 aromatic carbocycles. The van der Waals surface area contributed by atoms with Crippen LogP contribution in [0.2, 0.25) is 0 Å². The monoisotopic (exact) mass is 511 g/mol. The van der Waals surface area contributed by atoms with Crippen LogP contribution in [0.1, 0.15) is 33.4 Å². The largest absolute Gasteiger partial charge is 0.427 e. The van der Waals surface area contributed by atoms with Gasteiger partial charge in [-0.3, -0.25) is 19.3 Å². The lowest BCUT2D eigenvalue weighted by Crippen LogP contribution is -2.71. The third-order valence-corrected chi connectivity index (χ3v) is 6.89. The van der Waals surface area contributed by atoms with E-state index >= 15 is 0 Å². The molecule has 2 atom stereocenters. The second-order valence-corrected chi connectivity index (χ2v) is 10.4. The minimum atomic E-state index is -0.898. The summed E-state index contributed by atoms with van der Waals surface area (Å²) in [6.07, 6.45) is 0. The van der Waals surface area contributed by atoms with Gasteiger partial charge in [-0.2, -0.15) is 0 Å². The van der Waals surface area contributed by atoms with E-state index in [1.807, 2.05) is 0 Å². The number of esters is 2. The Morgan fingerprint density at radius 1 is 1.32 bits per heavy atom. The number of hydrogen-bond acceptors (Lipinski definition) is 12. The molecule has 0 aliphatic carbocycles. The predicted molar refractivity (Wildman–Crippen MR) is 124 cm³/mol. The Balaban J connectivity index is 1.66. The number of carbonyl (C=O) groups is 4. The van der Waals surface area contributed by atoms with Crippen LogP contribution < -0.4 is 11.1 Å². The van der Waals surface area contributed by atoms with Crippen LogP contribution in [0, 0.1) is 5.41 Å². The number of rotatable bonds is 7. The number of nitrogens with one attached hydrogen (secondary N) is 1. The maximum absolute atomic E-state index is 12.9. The highest BCUT2D eigenvalue weighted by Gasteiger charge is 2.54. The molecule has 2 amide bonds. The molecule has 1 fully saturated rings. The quantitative estimate of drug-likeness (QED) is 0.176. The number of thiazole rings is 1. The zero-order valence-corrected chi connectivity index (χ0v) is 20.9. The Kier molecular flexibility index (Phi) is 7.51. The Morgan fingerprint density at radius 3 is 2.62 bits per heavy atom. The van der Waals surface area contributed by atoms with Gasteiger partial charge in [0.1, 0.15) is 29.9 Å². The molecule has 12 nitrogen and oxygen atoms in total. The molecule has 1 saturated heterocycles. The van der Waals surface area contributed by atoms with Crippen molar-refractivity contribution < 1.29 is 33.5 Å². The molecule has 0 bridgehead atoms. The van der Waals surface area contributed by atoms with Crippen molar-refractivity contribution in [1.29, 1.82) is 0 Å². The van der Waals surface area contributed by atoms with Gasteiger partial charge in [0.25, 0.3) is 11.8 Å². The van der Waals surface area contributed by atoms with E-state index in [-0.39, 0.29) is 22.2 Å². The highest BCUT2D eigenvalue weighted by atomic mass is 32.2. The van der Waals surface area contributed by atoms with Crippen molar-refractivity contribution in [3.63, 3.8) is 0 Å². The molecule has 34 heavy (non-hydrogen) atoms. The lowest BCUT2D eigenvalue weighted by atomic mass is 9.98. The standard InChI is InChI=1S/C20H25N5O7S2/c1-9-6-33-16-12(23-14(26)11(24-30-5)10-7-34-19(21)22-10)15(27)25(16)13(9)17(28)31-8-32-18(29)20(2,3)4/h7,12,16H,6,8H2,1-5H3,(H2,21,22)(H,23,26)/t12?,16-/m0/s1. The van der Waals surface area contributed by atoms with Crippen molar-refractivity contribution in [2.75, 3.05) is 25.4 Å². The van der Waals surface area contributed by atoms with Gasteiger partial charge in [-0.15, -0.1) is 23.1 Å². The van der Waals surface area contributed by atoms with Gasteiger partial charge >= 0.3 is 11.9 Å². The summed E-state index contributed by atoms with van der Waals surface area (Å²) in [5, 5.41) is 7.60. The number of amides is 2. The summed E-state index contributed by atoms with van der Waals surface area (Å²) in [5.74, 6) is -2.04. The van der Waals surface area contributed by atoms with E-state index < -0.39 is 47.4 Å². The van der Waals surface area contributed by atoms with Crippen LogP contribution in [0.25, 0.3) is 0 Å². The molecular weight excluding hydrogens is 486 g/mol. The zero-order valence-electron chi connectivity index (χ0n) is 19.2. The third kappa shape index (κ3) is 5.17. The van der Waals surface area contributed by atoms with Crippen LogP contribution in [0.5, 0.6) is 0 Å². The first kappa shape index (κ1) is 25.5. The van der Waals surface area contributed by atoms with Gasteiger partial charge in [0.05, 0.1) is 5.41 Å². The number of β-lactam (4-membered cyclic amide) rings is 1. The maximum atomic E-state index is 12.9. The van der Waals surface area contributed by atoms with E-state index in [2.05, 4.69) is 15.5 Å². The van der Waals surface area contributed by atoms with E-state index in [9.17, 15) is 19.2 Å². The molecule has 184 valence electrons. The second kappa shape index (κ2) is 10.0. The molecule has 3 rings (SSSR count). The van der Waals surface area contributed by atoms with E-state index in [1.54, 1.807) is 33.1 Å². The Morgan fingerprint density at radius 2 is 2.03 bits per heavy atom. The van der Waals surface area contributed by atoms with Crippen LogP contribution in [0.15, 0.2) is 21.8 Å². The molecule has 1 unspecified atom stereocenters. The third-order valence-electron chi connectivity index (χ3n) is 4.79. The van der Waals surface area contributed by atoms with E-state index in [0.29, 0.717) is 11.3 Å². The molecule has 2 aliphatic heterocycles. The van der Waals surface area contributed by atoms with Gasteiger partial charge in [0, 0.05) is 11.1 Å². The summed E-state index contributed by atoms with van der Waals surface area (Å²) < 4.78 is 10.0. The molecular formula is C20H25N5O7S2. The van der Waals surface area contributed by atoms with E-state index in [4.69, 9.17) is 20.0 Å². The summed E-state index contributed by atoms with van der Waals surface area (Å²) in [7, 11) is 1.28. The Bertz CT molecular complexity index is 1080. The molecule has 0 radical (unpaired) electrons. The first-order valence-electron chi connectivity index (χ1n) is 10.1. The van der Waals surface area contributed by atoms with Crippen molar-refractivity contribution in [2.24, 2.45) is 10.6 Å². The van der Waals surface area contributed by atoms with Gasteiger partial charge in [0.2, 0.25) is 6.79 Å². The summed E-state index contributed by atoms with van der Waals surface area (Å²) in [6, 6.07) is -0.898. The minimum Gasteiger partial charge on any atom is -0.427 e. The zero-order chi connectivity index (χ0) is 25.2. The van der Waals surface area contributed by atoms with Crippen molar-refractivity contribution in [3.05, 3.63) is 22.3 Å². The van der Waals surface area contributed by atoms with Crippen LogP contribution in [0.3, 0.4) is 0 Å². The van der Waals surface area contributed by atoms with Gasteiger partial charge in [-0.25, -0.2) is 9.78 Å². The van der Waals surface area contributed by atoms with Crippen molar-refractivity contribution in [2.45, 2.75) is 39.1 Å². The number of thioether (sulfide) groups is 1. The number of nitrogens with two attached hydrogens (primary N) is 1. The van der Waals surface area contributed by atoms with E-state index in [0.717, 1.165) is 11.3 Å². The number of hydrogen-bond donors (Lipinski definition) is 2.